The van der Waals surface area contributed by atoms with Gasteiger partial charge in [-0.15, -0.1) is 23.7 Å². The topological polar surface area (TPSA) is 62.3 Å². The van der Waals surface area contributed by atoms with E-state index in [-0.39, 0.29) is 18.4 Å². The van der Waals surface area contributed by atoms with E-state index in [0.29, 0.717) is 24.5 Å². The molecule has 1 saturated heterocycles. The Kier molecular flexibility index (Phi) is 5.80. The molecule has 2 heterocycles. The zero-order valence-corrected chi connectivity index (χ0v) is 15.5. The molecular weight excluding hydrogens is 354 g/mol. The molecule has 1 N–H and O–H groups in total. The van der Waals surface area contributed by atoms with Gasteiger partial charge >= 0.3 is 0 Å². The molecule has 0 amide bonds. The highest BCUT2D eigenvalue weighted by atomic mass is 35.5. The van der Waals surface area contributed by atoms with Crippen LogP contribution in [0.1, 0.15) is 12.6 Å². The van der Waals surface area contributed by atoms with Gasteiger partial charge in [-0.25, -0.2) is 13.4 Å². The van der Waals surface area contributed by atoms with Gasteiger partial charge in [-0.1, -0.05) is 12.1 Å². The lowest BCUT2D eigenvalue weighted by Gasteiger charge is -2.32. The molecule has 1 fully saturated rings. The summed E-state index contributed by atoms with van der Waals surface area (Å²) in [7, 11) is -3.46. The summed E-state index contributed by atoms with van der Waals surface area (Å²) in [6.45, 7) is 5.74. The van der Waals surface area contributed by atoms with Gasteiger partial charge in [0, 0.05) is 42.3 Å². The van der Waals surface area contributed by atoms with Crippen molar-refractivity contribution in [1.82, 2.24) is 14.6 Å². The summed E-state index contributed by atoms with van der Waals surface area (Å²) in [6.07, 6.45) is 0. The molecule has 0 spiro atoms. The van der Waals surface area contributed by atoms with Crippen molar-refractivity contribution in [2.75, 3.05) is 19.6 Å². The van der Waals surface area contributed by atoms with Crippen molar-refractivity contribution >= 4 is 33.8 Å². The van der Waals surface area contributed by atoms with Crippen LogP contribution in [-0.4, -0.2) is 43.4 Å². The molecule has 1 aliphatic heterocycles. The number of thiazole rings is 1. The van der Waals surface area contributed by atoms with Gasteiger partial charge in [0.2, 0.25) is 10.0 Å². The van der Waals surface area contributed by atoms with Crippen LogP contribution in [0, 0.1) is 6.92 Å². The standard InChI is InChI=1S/C15H19N3O2S2.ClH/c1-11-10-21-15(17-11)13-4-3-5-14(8-13)22(19,20)18-7-6-16-9-12(18)2;/h3-5,8,10,12,16H,6-7,9H2,1-2H3;1H. The normalized spacial score (nSPS) is 19.3. The maximum absolute atomic E-state index is 12.9. The van der Waals surface area contributed by atoms with Crippen molar-refractivity contribution in [3.8, 4) is 10.6 Å². The summed E-state index contributed by atoms with van der Waals surface area (Å²) in [5, 5.41) is 6.03. The van der Waals surface area contributed by atoms with Crippen LogP contribution in [0.2, 0.25) is 0 Å². The number of nitrogens with zero attached hydrogens (tertiary/aromatic N) is 2. The van der Waals surface area contributed by atoms with Gasteiger partial charge in [0.25, 0.3) is 0 Å². The number of halogens is 1. The van der Waals surface area contributed by atoms with E-state index in [9.17, 15) is 8.42 Å². The first-order valence-corrected chi connectivity index (χ1v) is 9.55. The lowest BCUT2D eigenvalue weighted by Crippen LogP contribution is -2.52. The van der Waals surface area contributed by atoms with E-state index in [4.69, 9.17) is 0 Å². The maximum atomic E-state index is 12.9. The largest absolute Gasteiger partial charge is 0.314 e. The fourth-order valence-corrected chi connectivity index (χ4v) is 5.06. The molecule has 23 heavy (non-hydrogen) atoms. The third kappa shape index (κ3) is 3.75. The molecule has 1 atom stereocenters. The van der Waals surface area contributed by atoms with Crippen LogP contribution in [0.4, 0.5) is 0 Å². The highest BCUT2D eigenvalue weighted by Crippen LogP contribution is 2.27. The van der Waals surface area contributed by atoms with Crippen molar-refractivity contribution in [3.05, 3.63) is 35.3 Å². The second-order valence-electron chi connectivity index (χ2n) is 5.49. The monoisotopic (exact) mass is 373 g/mol. The molecule has 8 heteroatoms. The zero-order chi connectivity index (χ0) is 15.7. The second kappa shape index (κ2) is 7.27. The van der Waals surface area contributed by atoms with Crippen LogP contribution in [0.5, 0.6) is 0 Å². The lowest BCUT2D eigenvalue weighted by molar-refractivity contribution is 0.284. The fourth-order valence-electron chi connectivity index (χ4n) is 2.59. The number of hydrogen-bond acceptors (Lipinski definition) is 5. The van der Waals surface area contributed by atoms with Crippen LogP contribution in [0.15, 0.2) is 34.5 Å². The summed E-state index contributed by atoms with van der Waals surface area (Å²) in [6, 6.07) is 7.03. The smallest absolute Gasteiger partial charge is 0.243 e. The average Bonchev–Trinajstić information content (AvgIpc) is 2.94. The summed E-state index contributed by atoms with van der Waals surface area (Å²) in [5.74, 6) is 0. The first-order chi connectivity index (χ1) is 10.5. The molecule has 126 valence electrons. The molecular formula is C15H20ClN3O2S2. The number of rotatable bonds is 3. The van der Waals surface area contributed by atoms with E-state index in [1.807, 2.05) is 25.3 Å². The quantitative estimate of drug-likeness (QED) is 0.898. The summed E-state index contributed by atoms with van der Waals surface area (Å²) < 4.78 is 27.3. The van der Waals surface area contributed by atoms with Crippen LogP contribution in [-0.2, 0) is 10.0 Å². The van der Waals surface area contributed by atoms with Crippen molar-refractivity contribution in [3.63, 3.8) is 0 Å². The Labute approximate surface area is 147 Å². The minimum absolute atomic E-state index is 0. The minimum Gasteiger partial charge on any atom is -0.314 e. The first-order valence-electron chi connectivity index (χ1n) is 7.23. The van der Waals surface area contributed by atoms with E-state index < -0.39 is 10.0 Å². The van der Waals surface area contributed by atoms with Crippen molar-refractivity contribution in [1.29, 1.82) is 0 Å². The van der Waals surface area contributed by atoms with E-state index in [1.165, 1.54) is 11.3 Å². The molecule has 3 rings (SSSR count). The Balaban J connectivity index is 0.00000192. The molecule has 0 bridgehead atoms. The Bertz CT molecular complexity index is 777. The predicted octanol–water partition coefficient (Wildman–Crippen LogP) is 2.52. The second-order valence-corrected chi connectivity index (χ2v) is 8.24. The molecule has 0 aliphatic carbocycles. The molecule has 1 aliphatic rings. The minimum atomic E-state index is -3.46. The molecule has 1 aromatic carbocycles. The first kappa shape index (κ1) is 18.4. The molecule has 1 unspecified atom stereocenters. The van der Waals surface area contributed by atoms with Crippen LogP contribution in [0.3, 0.4) is 0 Å². The third-order valence-electron chi connectivity index (χ3n) is 3.75. The molecule has 1 aromatic heterocycles. The highest BCUT2D eigenvalue weighted by molar-refractivity contribution is 7.89. The molecule has 2 aromatic rings. The van der Waals surface area contributed by atoms with Gasteiger partial charge in [-0.3, -0.25) is 0 Å². The van der Waals surface area contributed by atoms with Gasteiger partial charge in [-0.05, 0) is 26.0 Å². The lowest BCUT2D eigenvalue weighted by atomic mass is 10.2. The van der Waals surface area contributed by atoms with Crippen LogP contribution >= 0.6 is 23.7 Å². The SMILES string of the molecule is Cc1csc(-c2cccc(S(=O)(=O)N3CCNCC3C)c2)n1.Cl. The molecule has 5 nitrogen and oxygen atoms in total. The Morgan fingerprint density at radius 2 is 2.17 bits per heavy atom. The van der Waals surface area contributed by atoms with Crippen molar-refractivity contribution in [2.45, 2.75) is 24.8 Å². The van der Waals surface area contributed by atoms with E-state index >= 15 is 0 Å². The molecule has 0 saturated carbocycles. The number of piperazine rings is 1. The Hall–Kier alpha value is -0.990. The van der Waals surface area contributed by atoms with Crippen LogP contribution < -0.4 is 5.32 Å². The van der Waals surface area contributed by atoms with Gasteiger partial charge < -0.3 is 5.32 Å². The number of nitrogens with one attached hydrogen (secondary N) is 1. The van der Waals surface area contributed by atoms with E-state index in [2.05, 4.69) is 10.3 Å². The van der Waals surface area contributed by atoms with Gasteiger partial charge in [-0.2, -0.15) is 4.31 Å². The summed E-state index contributed by atoms with van der Waals surface area (Å²) in [5.41, 5.74) is 1.80. The Morgan fingerprint density at radius 3 is 2.83 bits per heavy atom. The number of aryl methyl sites for hydroxylation is 1. The third-order valence-corrected chi connectivity index (χ3v) is 6.77. The maximum Gasteiger partial charge on any atom is 0.243 e. The average molecular weight is 374 g/mol. The van der Waals surface area contributed by atoms with E-state index in [0.717, 1.165) is 16.3 Å². The number of aromatic nitrogens is 1. The number of benzene rings is 1. The Morgan fingerprint density at radius 1 is 1.39 bits per heavy atom. The number of hydrogen-bond donors (Lipinski definition) is 1. The highest BCUT2D eigenvalue weighted by Gasteiger charge is 2.31. The van der Waals surface area contributed by atoms with Crippen molar-refractivity contribution < 1.29 is 8.42 Å². The predicted molar refractivity (Wildman–Crippen MR) is 95.8 cm³/mol. The van der Waals surface area contributed by atoms with E-state index in [1.54, 1.807) is 22.5 Å². The number of sulfonamides is 1. The summed E-state index contributed by atoms with van der Waals surface area (Å²) >= 11 is 1.53. The molecule has 0 radical (unpaired) electrons. The van der Waals surface area contributed by atoms with Gasteiger partial charge in [0.05, 0.1) is 4.90 Å². The van der Waals surface area contributed by atoms with Gasteiger partial charge in [0.15, 0.2) is 0 Å². The van der Waals surface area contributed by atoms with Gasteiger partial charge in [0.1, 0.15) is 5.01 Å². The van der Waals surface area contributed by atoms with Crippen molar-refractivity contribution in [2.24, 2.45) is 0 Å². The van der Waals surface area contributed by atoms with Crippen LogP contribution in [0.25, 0.3) is 10.6 Å². The fraction of sp³-hybridized carbons (Fsp3) is 0.400. The summed E-state index contributed by atoms with van der Waals surface area (Å²) in [4.78, 5) is 4.77. The zero-order valence-electron chi connectivity index (χ0n) is 13.0.